The molecule has 0 atom stereocenters. The Hall–Kier alpha value is -0.830. The zero-order valence-corrected chi connectivity index (χ0v) is 12.2. The van der Waals surface area contributed by atoms with E-state index >= 15 is 0 Å². The molecule has 0 aliphatic rings. The summed E-state index contributed by atoms with van der Waals surface area (Å²) in [6.45, 7) is 2.77. The van der Waals surface area contributed by atoms with E-state index in [-0.39, 0.29) is 5.91 Å². The first-order valence-corrected chi connectivity index (χ1v) is 7.11. The lowest BCUT2D eigenvalue weighted by Gasteiger charge is -2.17. The zero-order chi connectivity index (χ0) is 12.7. The Morgan fingerprint density at radius 1 is 1.35 bits per heavy atom. The molecule has 0 N–H and O–H groups in total. The van der Waals surface area contributed by atoms with Gasteiger partial charge in [0.05, 0.1) is 0 Å². The molecule has 1 aromatic carbocycles. The van der Waals surface area contributed by atoms with Crippen molar-refractivity contribution in [2.75, 3.05) is 12.4 Å². The Morgan fingerprint density at radius 3 is 2.76 bits per heavy atom. The van der Waals surface area contributed by atoms with Gasteiger partial charge in [0.1, 0.15) is 0 Å². The molecule has 0 aromatic heterocycles. The number of benzene rings is 1. The van der Waals surface area contributed by atoms with E-state index in [9.17, 15) is 4.79 Å². The van der Waals surface area contributed by atoms with Crippen LogP contribution in [0.2, 0.25) is 0 Å². The second kappa shape index (κ2) is 7.49. The molecule has 3 heteroatoms. The second-order valence-corrected chi connectivity index (χ2v) is 5.18. The largest absolute Gasteiger partial charge is 0.341 e. The van der Waals surface area contributed by atoms with Crippen molar-refractivity contribution in [2.45, 2.75) is 32.7 Å². The van der Waals surface area contributed by atoms with Gasteiger partial charge in [-0.05, 0) is 25.3 Å². The van der Waals surface area contributed by atoms with E-state index in [0.717, 1.165) is 18.2 Å². The maximum absolute atomic E-state index is 11.8. The van der Waals surface area contributed by atoms with E-state index in [1.165, 1.54) is 11.1 Å². The molecule has 0 aliphatic carbocycles. The van der Waals surface area contributed by atoms with Crippen molar-refractivity contribution >= 4 is 21.8 Å². The fourth-order valence-electron chi connectivity index (χ4n) is 1.73. The van der Waals surface area contributed by atoms with Gasteiger partial charge >= 0.3 is 0 Å². The Labute approximate surface area is 112 Å². The molecular weight excluding hydrogens is 278 g/mol. The van der Waals surface area contributed by atoms with E-state index in [1.54, 1.807) is 0 Å². The molecule has 0 spiro atoms. The van der Waals surface area contributed by atoms with Gasteiger partial charge in [-0.3, -0.25) is 4.79 Å². The van der Waals surface area contributed by atoms with Crippen LogP contribution >= 0.6 is 15.9 Å². The van der Waals surface area contributed by atoms with Crippen molar-refractivity contribution in [1.82, 2.24) is 4.90 Å². The summed E-state index contributed by atoms with van der Waals surface area (Å²) in [6.07, 6.45) is 2.67. The predicted octanol–water partition coefficient (Wildman–Crippen LogP) is 3.52. The first kappa shape index (κ1) is 14.2. The third-order valence-electron chi connectivity index (χ3n) is 2.70. The number of amides is 1. The van der Waals surface area contributed by atoms with Crippen molar-refractivity contribution in [1.29, 1.82) is 0 Å². The van der Waals surface area contributed by atoms with Crippen molar-refractivity contribution in [2.24, 2.45) is 0 Å². The quantitative estimate of drug-likeness (QED) is 0.581. The van der Waals surface area contributed by atoms with Crippen LogP contribution in [0.15, 0.2) is 24.3 Å². The molecule has 2 nitrogen and oxygen atoms in total. The number of halogens is 1. The van der Waals surface area contributed by atoms with Gasteiger partial charge in [-0.1, -0.05) is 45.8 Å². The van der Waals surface area contributed by atoms with Gasteiger partial charge in [-0.2, -0.15) is 0 Å². The first-order valence-electron chi connectivity index (χ1n) is 5.99. The number of aryl methyl sites for hydroxylation is 1. The van der Waals surface area contributed by atoms with Crippen molar-refractivity contribution in [3.05, 3.63) is 35.4 Å². The number of nitrogens with zero attached hydrogens (tertiary/aromatic N) is 1. The highest BCUT2D eigenvalue weighted by molar-refractivity contribution is 9.09. The summed E-state index contributed by atoms with van der Waals surface area (Å²) in [5, 5.41) is 0.974. The number of hydrogen-bond acceptors (Lipinski definition) is 1. The summed E-state index contributed by atoms with van der Waals surface area (Å²) in [6, 6.07) is 8.30. The van der Waals surface area contributed by atoms with Crippen LogP contribution in [-0.2, 0) is 11.3 Å². The average molecular weight is 298 g/mol. The lowest BCUT2D eigenvalue weighted by atomic mass is 10.1. The van der Waals surface area contributed by atoms with Crippen LogP contribution in [0, 0.1) is 6.92 Å². The third kappa shape index (κ3) is 5.35. The standard InChI is InChI=1S/C14H20BrNO/c1-12-6-5-7-13(10-12)11-16(2)14(17)8-3-4-9-15/h5-7,10H,3-4,8-9,11H2,1-2H3. The monoisotopic (exact) mass is 297 g/mol. The average Bonchev–Trinajstić information content (AvgIpc) is 2.29. The highest BCUT2D eigenvalue weighted by Gasteiger charge is 2.08. The number of alkyl halides is 1. The van der Waals surface area contributed by atoms with E-state index in [2.05, 4.69) is 41.1 Å². The molecule has 1 rings (SSSR count). The molecule has 1 amide bonds. The van der Waals surface area contributed by atoms with Gasteiger partial charge in [-0.15, -0.1) is 0 Å². The molecule has 0 saturated heterocycles. The molecule has 0 unspecified atom stereocenters. The molecular formula is C14H20BrNO. The summed E-state index contributed by atoms with van der Waals surface area (Å²) < 4.78 is 0. The van der Waals surface area contributed by atoms with Crippen molar-refractivity contribution in [3.63, 3.8) is 0 Å². The molecule has 0 fully saturated rings. The zero-order valence-electron chi connectivity index (χ0n) is 10.6. The molecule has 0 heterocycles. The third-order valence-corrected chi connectivity index (χ3v) is 3.26. The highest BCUT2D eigenvalue weighted by atomic mass is 79.9. The minimum Gasteiger partial charge on any atom is -0.341 e. The Balaban J connectivity index is 2.43. The highest BCUT2D eigenvalue weighted by Crippen LogP contribution is 2.08. The Kier molecular flexibility index (Phi) is 6.27. The number of carbonyl (C=O) groups excluding carboxylic acids is 1. The van der Waals surface area contributed by atoms with Crippen LogP contribution in [0.4, 0.5) is 0 Å². The van der Waals surface area contributed by atoms with Crippen LogP contribution in [0.1, 0.15) is 30.4 Å². The topological polar surface area (TPSA) is 20.3 Å². The fraction of sp³-hybridized carbons (Fsp3) is 0.500. The van der Waals surface area contributed by atoms with Crippen LogP contribution in [0.3, 0.4) is 0 Å². The minimum absolute atomic E-state index is 0.229. The summed E-state index contributed by atoms with van der Waals surface area (Å²) in [5.41, 5.74) is 2.43. The van der Waals surface area contributed by atoms with Crippen molar-refractivity contribution in [3.8, 4) is 0 Å². The molecule has 17 heavy (non-hydrogen) atoms. The van der Waals surface area contributed by atoms with Crippen LogP contribution < -0.4 is 0 Å². The summed E-state index contributed by atoms with van der Waals surface area (Å²) in [5.74, 6) is 0.229. The minimum atomic E-state index is 0.229. The van der Waals surface area contributed by atoms with Gasteiger partial charge < -0.3 is 4.90 Å². The predicted molar refractivity (Wildman–Crippen MR) is 75.3 cm³/mol. The van der Waals surface area contributed by atoms with Crippen molar-refractivity contribution < 1.29 is 4.79 Å². The van der Waals surface area contributed by atoms with Gasteiger partial charge in [0.2, 0.25) is 5.91 Å². The lowest BCUT2D eigenvalue weighted by molar-refractivity contribution is -0.130. The van der Waals surface area contributed by atoms with E-state index < -0.39 is 0 Å². The van der Waals surface area contributed by atoms with E-state index in [1.807, 2.05) is 18.0 Å². The Bertz CT molecular complexity index is 365. The summed E-state index contributed by atoms with van der Waals surface area (Å²) >= 11 is 3.37. The van der Waals surface area contributed by atoms with E-state index in [0.29, 0.717) is 13.0 Å². The maximum atomic E-state index is 11.8. The van der Waals surface area contributed by atoms with Gasteiger partial charge in [0.15, 0.2) is 0 Å². The van der Waals surface area contributed by atoms with Crippen LogP contribution in [0.25, 0.3) is 0 Å². The molecule has 1 aromatic rings. The van der Waals surface area contributed by atoms with Crippen LogP contribution in [-0.4, -0.2) is 23.2 Å². The summed E-state index contributed by atoms with van der Waals surface area (Å²) in [4.78, 5) is 13.6. The lowest BCUT2D eigenvalue weighted by Crippen LogP contribution is -2.25. The number of hydrogen-bond donors (Lipinski definition) is 0. The first-order chi connectivity index (χ1) is 8.13. The summed E-state index contributed by atoms with van der Waals surface area (Å²) in [7, 11) is 1.87. The molecule has 94 valence electrons. The molecule has 0 saturated carbocycles. The fourth-order valence-corrected chi connectivity index (χ4v) is 2.13. The normalized spacial score (nSPS) is 10.3. The number of unbranched alkanes of at least 4 members (excludes halogenated alkanes) is 1. The smallest absolute Gasteiger partial charge is 0.222 e. The maximum Gasteiger partial charge on any atom is 0.222 e. The second-order valence-electron chi connectivity index (χ2n) is 4.38. The number of carbonyl (C=O) groups is 1. The van der Waals surface area contributed by atoms with Gasteiger partial charge in [0, 0.05) is 25.3 Å². The SMILES string of the molecule is Cc1cccc(CN(C)C(=O)CCCCBr)c1. The molecule has 0 bridgehead atoms. The van der Waals surface area contributed by atoms with E-state index in [4.69, 9.17) is 0 Å². The Morgan fingerprint density at radius 2 is 2.12 bits per heavy atom. The molecule has 0 aliphatic heterocycles. The number of rotatable bonds is 6. The molecule has 0 radical (unpaired) electrons. The van der Waals surface area contributed by atoms with Gasteiger partial charge in [-0.25, -0.2) is 0 Å². The van der Waals surface area contributed by atoms with Gasteiger partial charge in [0.25, 0.3) is 0 Å². The van der Waals surface area contributed by atoms with Crippen LogP contribution in [0.5, 0.6) is 0 Å².